The van der Waals surface area contributed by atoms with Crippen LogP contribution in [0.2, 0.25) is 10.0 Å². The van der Waals surface area contributed by atoms with E-state index in [1.807, 2.05) is 12.1 Å². The maximum absolute atomic E-state index is 5.91. The van der Waals surface area contributed by atoms with Crippen LogP contribution in [-0.2, 0) is 0 Å². The largest absolute Gasteiger partial charge is 0.372 e. The zero-order chi connectivity index (χ0) is 11.5. The zero-order valence-corrected chi connectivity index (χ0v) is 10.0. The van der Waals surface area contributed by atoms with Gasteiger partial charge in [-0.05, 0) is 30.3 Å². The molecule has 0 saturated heterocycles. The fraction of sp³-hybridized carbons (Fsp3) is 0.0909. The highest BCUT2D eigenvalue weighted by molar-refractivity contribution is 6.35. The molecule has 2 aromatic rings. The fourth-order valence-electron chi connectivity index (χ4n) is 1.32. The van der Waals surface area contributed by atoms with Crippen molar-refractivity contribution in [3.05, 3.63) is 40.4 Å². The highest BCUT2D eigenvalue weighted by Gasteiger charge is 2.03. The van der Waals surface area contributed by atoms with Gasteiger partial charge in [0, 0.05) is 22.7 Å². The molecular weight excluding hydrogens is 245 g/mol. The molecule has 1 heterocycles. The molecule has 0 aliphatic heterocycles. The van der Waals surface area contributed by atoms with Crippen molar-refractivity contribution in [2.75, 3.05) is 12.4 Å². The summed E-state index contributed by atoms with van der Waals surface area (Å²) in [4.78, 5) is 0. The number of nitrogens with zero attached hydrogens (tertiary/aromatic N) is 2. The third kappa shape index (κ3) is 2.43. The second-order valence-electron chi connectivity index (χ2n) is 3.21. The minimum atomic E-state index is 0.585. The van der Waals surface area contributed by atoms with Crippen LogP contribution in [0.4, 0.5) is 5.82 Å². The topological polar surface area (TPSA) is 37.8 Å². The van der Waals surface area contributed by atoms with E-state index in [4.69, 9.17) is 23.2 Å². The first-order valence-electron chi connectivity index (χ1n) is 4.67. The van der Waals surface area contributed by atoms with Crippen LogP contribution in [0.1, 0.15) is 0 Å². The Bertz CT molecular complexity index is 477. The van der Waals surface area contributed by atoms with Crippen LogP contribution < -0.4 is 5.32 Å². The van der Waals surface area contributed by atoms with Crippen molar-refractivity contribution in [2.24, 2.45) is 0 Å². The van der Waals surface area contributed by atoms with E-state index in [9.17, 15) is 0 Å². The summed E-state index contributed by atoms with van der Waals surface area (Å²) < 4.78 is 0. The lowest BCUT2D eigenvalue weighted by molar-refractivity contribution is 1.04. The Balaban J connectivity index is 2.42. The van der Waals surface area contributed by atoms with Crippen LogP contribution in [0.15, 0.2) is 30.3 Å². The van der Waals surface area contributed by atoms with E-state index < -0.39 is 0 Å². The molecule has 0 bridgehead atoms. The van der Waals surface area contributed by atoms with Gasteiger partial charge in [-0.3, -0.25) is 0 Å². The number of hydrogen-bond acceptors (Lipinski definition) is 3. The number of nitrogens with one attached hydrogen (secondary N) is 1. The summed E-state index contributed by atoms with van der Waals surface area (Å²) in [6.45, 7) is 0. The van der Waals surface area contributed by atoms with E-state index in [-0.39, 0.29) is 0 Å². The Kier molecular flexibility index (Phi) is 3.27. The molecule has 82 valence electrons. The van der Waals surface area contributed by atoms with Gasteiger partial charge in [0.2, 0.25) is 0 Å². The number of benzene rings is 1. The van der Waals surface area contributed by atoms with Gasteiger partial charge in [0.05, 0.1) is 5.69 Å². The first kappa shape index (κ1) is 11.2. The molecule has 0 radical (unpaired) electrons. The van der Waals surface area contributed by atoms with E-state index in [1.54, 1.807) is 25.2 Å². The van der Waals surface area contributed by atoms with E-state index in [1.165, 1.54) is 0 Å². The van der Waals surface area contributed by atoms with Crippen molar-refractivity contribution in [2.45, 2.75) is 0 Å². The van der Waals surface area contributed by atoms with Crippen molar-refractivity contribution in [1.29, 1.82) is 0 Å². The predicted molar refractivity (Wildman–Crippen MR) is 67.0 cm³/mol. The average Bonchev–Trinajstić information content (AvgIpc) is 2.28. The van der Waals surface area contributed by atoms with Crippen LogP contribution in [-0.4, -0.2) is 17.2 Å². The Labute approximate surface area is 103 Å². The van der Waals surface area contributed by atoms with Gasteiger partial charge >= 0.3 is 0 Å². The quantitative estimate of drug-likeness (QED) is 0.891. The normalized spacial score (nSPS) is 10.2. The van der Waals surface area contributed by atoms with Crippen LogP contribution in [0.5, 0.6) is 0 Å². The molecule has 0 atom stereocenters. The second kappa shape index (κ2) is 4.68. The van der Waals surface area contributed by atoms with Gasteiger partial charge in [0.25, 0.3) is 0 Å². The van der Waals surface area contributed by atoms with Crippen LogP contribution in [0, 0.1) is 0 Å². The lowest BCUT2D eigenvalue weighted by atomic mass is 10.1. The van der Waals surface area contributed by atoms with Gasteiger partial charge < -0.3 is 5.32 Å². The maximum Gasteiger partial charge on any atom is 0.148 e. The van der Waals surface area contributed by atoms with Gasteiger partial charge in [0.1, 0.15) is 5.82 Å². The molecule has 16 heavy (non-hydrogen) atoms. The fourth-order valence-corrected chi connectivity index (χ4v) is 1.85. The molecule has 1 N–H and O–H groups in total. The van der Waals surface area contributed by atoms with Crippen LogP contribution >= 0.6 is 23.2 Å². The van der Waals surface area contributed by atoms with E-state index in [0.29, 0.717) is 10.0 Å². The number of hydrogen-bond donors (Lipinski definition) is 1. The summed E-state index contributed by atoms with van der Waals surface area (Å²) in [6, 6.07) is 8.99. The van der Waals surface area contributed by atoms with Crippen molar-refractivity contribution >= 4 is 29.0 Å². The smallest absolute Gasteiger partial charge is 0.148 e. The summed E-state index contributed by atoms with van der Waals surface area (Å²) in [7, 11) is 1.79. The molecule has 0 fully saturated rings. The first-order valence-corrected chi connectivity index (χ1v) is 5.42. The third-order valence-electron chi connectivity index (χ3n) is 2.08. The Morgan fingerprint density at radius 3 is 2.19 bits per heavy atom. The summed E-state index contributed by atoms with van der Waals surface area (Å²) in [5.74, 6) is 0.719. The van der Waals surface area contributed by atoms with E-state index in [2.05, 4.69) is 15.5 Å². The van der Waals surface area contributed by atoms with E-state index in [0.717, 1.165) is 17.1 Å². The Morgan fingerprint density at radius 1 is 1.00 bits per heavy atom. The average molecular weight is 254 g/mol. The third-order valence-corrected chi connectivity index (χ3v) is 2.52. The molecule has 1 aromatic heterocycles. The number of rotatable bonds is 2. The van der Waals surface area contributed by atoms with Crippen molar-refractivity contribution < 1.29 is 0 Å². The lowest BCUT2D eigenvalue weighted by Crippen LogP contribution is -1.95. The zero-order valence-electron chi connectivity index (χ0n) is 8.54. The molecule has 5 heteroatoms. The molecule has 2 rings (SSSR count). The second-order valence-corrected chi connectivity index (χ2v) is 4.08. The highest BCUT2D eigenvalue weighted by Crippen LogP contribution is 2.25. The Hall–Kier alpha value is -1.32. The SMILES string of the molecule is CNc1ccc(-c2cc(Cl)cc(Cl)c2)nn1. The van der Waals surface area contributed by atoms with Gasteiger partial charge in [-0.15, -0.1) is 10.2 Å². The number of anilines is 1. The minimum Gasteiger partial charge on any atom is -0.372 e. The van der Waals surface area contributed by atoms with Crippen molar-refractivity contribution in [3.8, 4) is 11.3 Å². The molecule has 0 spiro atoms. The highest BCUT2D eigenvalue weighted by atomic mass is 35.5. The lowest BCUT2D eigenvalue weighted by Gasteiger charge is -2.03. The molecule has 0 aliphatic rings. The van der Waals surface area contributed by atoms with Gasteiger partial charge in [-0.2, -0.15) is 0 Å². The van der Waals surface area contributed by atoms with Gasteiger partial charge in [-0.25, -0.2) is 0 Å². The van der Waals surface area contributed by atoms with Gasteiger partial charge in [0.15, 0.2) is 0 Å². The minimum absolute atomic E-state index is 0.585. The molecule has 1 aromatic carbocycles. The van der Waals surface area contributed by atoms with Crippen LogP contribution in [0.25, 0.3) is 11.3 Å². The molecular formula is C11H9Cl2N3. The summed E-state index contributed by atoms with van der Waals surface area (Å²) >= 11 is 11.8. The molecule has 3 nitrogen and oxygen atoms in total. The standard InChI is InChI=1S/C11H9Cl2N3/c1-14-11-3-2-10(15-16-11)7-4-8(12)6-9(13)5-7/h2-6H,1H3,(H,14,16). The molecule has 0 saturated carbocycles. The first-order chi connectivity index (χ1) is 7.69. The Morgan fingerprint density at radius 2 is 1.69 bits per heavy atom. The monoisotopic (exact) mass is 253 g/mol. The summed E-state index contributed by atoms with van der Waals surface area (Å²) in [5, 5.41) is 12.1. The molecule has 0 aliphatic carbocycles. The predicted octanol–water partition coefficient (Wildman–Crippen LogP) is 3.49. The van der Waals surface area contributed by atoms with E-state index >= 15 is 0 Å². The number of aromatic nitrogens is 2. The van der Waals surface area contributed by atoms with Crippen LogP contribution in [0.3, 0.4) is 0 Å². The molecule has 0 amide bonds. The van der Waals surface area contributed by atoms with Gasteiger partial charge in [-0.1, -0.05) is 23.2 Å². The summed E-state index contributed by atoms with van der Waals surface area (Å²) in [6.07, 6.45) is 0. The summed E-state index contributed by atoms with van der Waals surface area (Å²) in [5.41, 5.74) is 1.59. The molecule has 0 unspecified atom stereocenters. The van der Waals surface area contributed by atoms with Crippen molar-refractivity contribution in [1.82, 2.24) is 10.2 Å². The maximum atomic E-state index is 5.91. The van der Waals surface area contributed by atoms with Crippen molar-refractivity contribution in [3.63, 3.8) is 0 Å². The number of halogens is 2.